The molecule has 0 heterocycles. The number of phenols is 1. The first kappa shape index (κ1) is 16.1. The molecule has 9 heteroatoms. The first-order chi connectivity index (χ1) is 10.3. The number of nitro groups is 1. The highest BCUT2D eigenvalue weighted by molar-refractivity contribution is 7.98. The number of anilines is 1. The predicted molar refractivity (Wildman–Crippen MR) is 83.8 cm³/mol. The van der Waals surface area contributed by atoms with Crippen LogP contribution < -0.4 is 4.72 Å². The molecule has 2 aromatic rings. The number of phenolic OH excluding ortho intramolecular Hbond substituents is 1. The number of benzene rings is 2. The first-order valence-electron chi connectivity index (χ1n) is 5.98. The van der Waals surface area contributed by atoms with E-state index in [1.165, 1.54) is 11.8 Å². The molecule has 0 fully saturated rings. The van der Waals surface area contributed by atoms with E-state index in [1.807, 2.05) is 12.3 Å². The molecular formula is C13H12N2O5S2. The van der Waals surface area contributed by atoms with Gasteiger partial charge in [0.1, 0.15) is 0 Å². The van der Waals surface area contributed by atoms with Gasteiger partial charge in [0.15, 0.2) is 5.75 Å². The van der Waals surface area contributed by atoms with E-state index in [0.717, 1.165) is 23.1 Å². The van der Waals surface area contributed by atoms with Crippen molar-refractivity contribution in [1.29, 1.82) is 0 Å². The second-order valence-electron chi connectivity index (χ2n) is 4.25. The molecule has 116 valence electrons. The van der Waals surface area contributed by atoms with Crippen molar-refractivity contribution in [3.63, 3.8) is 0 Å². The summed E-state index contributed by atoms with van der Waals surface area (Å²) in [5.74, 6) is -0.590. The molecule has 2 aromatic carbocycles. The highest BCUT2D eigenvalue weighted by atomic mass is 32.2. The zero-order chi connectivity index (χ0) is 16.3. The van der Waals surface area contributed by atoms with Crippen molar-refractivity contribution in [2.45, 2.75) is 9.79 Å². The van der Waals surface area contributed by atoms with Gasteiger partial charge in [-0.1, -0.05) is 6.07 Å². The van der Waals surface area contributed by atoms with Gasteiger partial charge in [-0.3, -0.25) is 14.8 Å². The lowest BCUT2D eigenvalue weighted by molar-refractivity contribution is -0.386. The SMILES string of the molecule is CSc1cccc(NS(=O)(=O)c2ccc(O)c([N+](=O)[O-])c2)c1. The van der Waals surface area contributed by atoms with Crippen molar-refractivity contribution in [3.05, 3.63) is 52.6 Å². The lowest BCUT2D eigenvalue weighted by Gasteiger charge is -2.09. The van der Waals surface area contributed by atoms with Gasteiger partial charge in [-0.05, 0) is 36.6 Å². The molecular weight excluding hydrogens is 328 g/mol. The second-order valence-corrected chi connectivity index (χ2v) is 6.81. The quantitative estimate of drug-likeness (QED) is 0.492. The average Bonchev–Trinajstić information content (AvgIpc) is 2.46. The molecule has 0 saturated carbocycles. The molecule has 2 rings (SSSR count). The summed E-state index contributed by atoms with van der Waals surface area (Å²) in [6.45, 7) is 0. The van der Waals surface area contributed by atoms with Gasteiger partial charge in [0.25, 0.3) is 10.0 Å². The Morgan fingerprint density at radius 2 is 1.95 bits per heavy atom. The Labute approximate surface area is 131 Å². The first-order valence-corrected chi connectivity index (χ1v) is 8.68. The summed E-state index contributed by atoms with van der Waals surface area (Å²) in [6.07, 6.45) is 1.86. The van der Waals surface area contributed by atoms with Gasteiger partial charge in [-0.2, -0.15) is 0 Å². The molecule has 0 radical (unpaired) electrons. The summed E-state index contributed by atoms with van der Waals surface area (Å²) in [7, 11) is -3.99. The molecule has 0 bridgehead atoms. The third kappa shape index (κ3) is 3.49. The molecule has 0 atom stereocenters. The zero-order valence-electron chi connectivity index (χ0n) is 11.4. The lowest BCUT2D eigenvalue weighted by Crippen LogP contribution is -2.13. The van der Waals surface area contributed by atoms with Crippen LogP contribution in [0.3, 0.4) is 0 Å². The molecule has 22 heavy (non-hydrogen) atoms. The van der Waals surface area contributed by atoms with Crippen molar-refractivity contribution in [2.75, 3.05) is 11.0 Å². The summed E-state index contributed by atoms with van der Waals surface area (Å²) < 4.78 is 26.9. The summed E-state index contributed by atoms with van der Waals surface area (Å²) >= 11 is 1.46. The smallest absolute Gasteiger partial charge is 0.312 e. The van der Waals surface area contributed by atoms with E-state index in [2.05, 4.69) is 4.72 Å². The number of nitrogens with zero attached hydrogens (tertiary/aromatic N) is 1. The minimum atomic E-state index is -3.99. The van der Waals surface area contributed by atoms with Crippen LogP contribution in [0.25, 0.3) is 0 Å². The van der Waals surface area contributed by atoms with E-state index in [1.54, 1.807) is 18.2 Å². The van der Waals surface area contributed by atoms with Crippen LogP contribution in [0.1, 0.15) is 0 Å². The van der Waals surface area contributed by atoms with Gasteiger partial charge < -0.3 is 5.11 Å². The monoisotopic (exact) mass is 340 g/mol. The summed E-state index contributed by atoms with van der Waals surface area (Å²) in [6, 6.07) is 9.64. The minimum Gasteiger partial charge on any atom is -0.502 e. The molecule has 0 amide bonds. The number of nitrogens with one attached hydrogen (secondary N) is 1. The highest BCUT2D eigenvalue weighted by Crippen LogP contribution is 2.29. The Bertz CT molecular complexity index is 821. The molecule has 0 aromatic heterocycles. The van der Waals surface area contributed by atoms with E-state index in [-0.39, 0.29) is 4.90 Å². The number of sulfonamides is 1. The van der Waals surface area contributed by atoms with E-state index >= 15 is 0 Å². The van der Waals surface area contributed by atoms with Crippen LogP contribution in [0.2, 0.25) is 0 Å². The molecule has 0 unspecified atom stereocenters. The molecule has 0 spiro atoms. The van der Waals surface area contributed by atoms with Crippen LogP contribution in [0.15, 0.2) is 52.3 Å². The van der Waals surface area contributed by atoms with Crippen molar-refractivity contribution in [3.8, 4) is 5.75 Å². The van der Waals surface area contributed by atoms with Crippen molar-refractivity contribution >= 4 is 33.2 Å². The Hall–Kier alpha value is -2.26. The van der Waals surface area contributed by atoms with Crippen LogP contribution in [-0.4, -0.2) is 24.7 Å². The van der Waals surface area contributed by atoms with Crippen molar-refractivity contribution < 1.29 is 18.4 Å². The number of nitro benzene ring substituents is 1. The minimum absolute atomic E-state index is 0.299. The van der Waals surface area contributed by atoms with Crippen molar-refractivity contribution in [1.82, 2.24) is 0 Å². The number of hydrogen-bond donors (Lipinski definition) is 2. The Balaban J connectivity index is 2.38. The maximum absolute atomic E-state index is 12.3. The number of aromatic hydroxyl groups is 1. The number of hydrogen-bond acceptors (Lipinski definition) is 6. The van der Waals surface area contributed by atoms with Gasteiger partial charge in [0.2, 0.25) is 0 Å². The third-order valence-corrected chi connectivity index (χ3v) is 4.88. The predicted octanol–water partition coefficient (Wildman–Crippen LogP) is 2.82. The maximum Gasteiger partial charge on any atom is 0.312 e. The van der Waals surface area contributed by atoms with E-state index in [0.29, 0.717) is 5.69 Å². The Morgan fingerprint density at radius 1 is 1.23 bits per heavy atom. The summed E-state index contributed by atoms with van der Waals surface area (Å²) in [4.78, 5) is 10.5. The summed E-state index contributed by atoms with van der Waals surface area (Å²) in [5.41, 5.74) is -0.316. The number of thioether (sulfide) groups is 1. The van der Waals surface area contributed by atoms with Gasteiger partial charge in [-0.25, -0.2) is 8.42 Å². The van der Waals surface area contributed by atoms with Gasteiger partial charge >= 0.3 is 5.69 Å². The van der Waals surface area contributed by atoms with E-state index in [9.17, 15) is 23.6 Å². The highest BCUT2D eigenvalue weighted by Gasteiger charge is 2.21. The largest absolute Gasteiger partial charge is 0.502 e. The fourth-order valence-electron chi connectivity index (χ4n) is 1.72. The van der Waals surface area contributed by atoms with Crippen LogP contribution in [-0.2, 0) is 10.0 Å². The molecule has 2 N–H and O–H groups in total. The van der Waals surface area contributed by atoms with Crippen LogP contribution >= 0.6 is 11.8 Å². The molecule has 0 aliphatic carbocycles. The molecule has 0 saturated heterocycles. The second kappa shape index (κ2) is 6.24. The van der Waals surface area contributed by atoms with Crippen molar-refractivity contribution in [2.24, 2.45) is 0 Å². The standard InChI is InChI=1S/C13H12N2O5S2/c1-21-10-4-2-3-9(7-10)14-22(19,20)11-5-6-13(16)12(8-11)15(17)18/h2-8,14,16H,1H3. The van der Waals surface area contributed by atoms with Crippen LogP contribution in [0.4, 0.5) is 11.4 Å². The molecule has 7 nitrogen and oxygen atoms in total. The molecule has 0 aliphatic heterocycles. The summed E-state index contributed by atoms with van der Waals surface area (Å²) in [5, 5.41) is 20.1. The fraction of sp³-hybridized carbons (Fsp3) is 0.0769. The van der Waals surface area contributed by atoms with Crippen LogP contribution in [0.5, 0.6) is 5.75 Å². The van der Waals surface area contributed by atoms with Crippen LogP contribution in [0, 0.1) is 10.1 Å². The topological polar surface area (TPSA) is 110 Å². The Morgan fingerprint density at radius 3 is 2.59 bits per heavy atom. The van der Waals surface area contributed by atoms with Gasteiger partial charge in [0, 0.05) is 16.6 Å². The normalized spacial score (nSPS) is 11.1. The van der Waals surface area contributed by atoms with E-state index in [4.69, 9.17) is 0 Å². The van der Waals surface area contributed by atoms with E-state index < -0.39 is 26.4 Å². The van der Waals surface area contributed by atoms with Gasteiger partial charge in [0.05, 0.1) is 9.82 Å². The third-order valence-electron chi connectivity index (χ3n) is 2.78. The fourth-order valence-corrected chi connectivity index (χ4v) is 3.25. The molecule has 0 aliphatic rings. The number of rotatable bonds is 5. The lowest BCUT2D eigenvalue weighted by atomic mass is 10.3. The average molecular weight is 340 g/mol. The zero-order valence-corrected chi connectivity index (χ0v) is 13.0. The Kier molecular flexibility index (Phi) is 4.57. The maximum atomic E-state index is 12.3. The van der Waals surface area contributed by atoms with Gasteiger partial charge in [-0.15, -0.1) is 11.8 Å².